The van der Waals surface area contributed by atoms with E-state index in [0.717, 1.165) is 21.9 Å². The van der Waals surface area contributed by atoms with E-state index in [1.807, 2.05) is 24.3 Å². The van der Waals surface area contributed by atoms with Gasteiger partial charge in [-0.05, 0) is 25.1 Å². The lowest BCUT2D eigenvalue weighted by Gasteiger charge is -2.05. The van der Waals surface area contributed by atoms with E-state index in [4.69, 9.17) is 33.0 Å². The zero-order valence-electron chi connectivity index (χ0n) is 15.6. The Morgan fingerprint density at radius 3 is 2.14 bits per heavy atom. The van der Waals surface area contributed by atoms with Crippen LogP contribution in [-0.4, -0.2) is 27.7 Å². The van der Waals surface area contributed by atoms with Crippen molar-refractivity contribution >= 4 is 51.0 Å². The van der Waals surface area contributed by atoms with E-state index in [9.17, 15) is 4.79 Å². The number of halogens is 2. The summed E-state index contributed by atoms with van der Waals surface area (Å²) in [5.74, 6) is -0.372. The van der Waals surface area contributed by atoms with Crippen LogP contribution in [-0.2, 0) is 11.3 Å². The second-order valence-electron chi connectivity index (χ2n) is 5.98. The number of aliphatic hydroxyl groups is 1. The van der Waals surface area contributed by atoms with Crippen LogP contribution in [0, 0.1) is 0 Å². The van der Waals surface area contributed by atoms with Gasteiger partial charge >= 0.3 is 5.97 Å². The highest BCUT2D eigenvalue weighted by Gasteiger charge is 2.12. The topological polar surface area (TPSA) is 72.3 Å². The van der Waals surface area contributed by atoms with Gasteiger partial charge in [-0.2, -0.15) is 0 Å². The molecule has 29 heavy (non-hydrogen) atoms. The first-order valence-corrected chi connectivity index (χ1v) is 9.65. The van der Waals surface area contributed by atoms with Gasteiger partial charge in [0.25, 0.3) is 0 Å². The molecule has 148 valence electrons. The summed E-state index contributed by atoms with van der Waals surface area (Å²) in [5, 5.41) is 11.9. The first-order valence-electron chi connectivity index (χ1n) is 8.90. The zero-order valence-corrected chi connectivity index (χ0v) is 17.1. The van der Waals surface area contributed by atoms with Crippen LogP contribution < -0.4 is 0 Å². The van der Waals surface area contributed by atoms with Crippen molar-refractivity contribution in [2.45, 2.75) is 13.5 Å². The second-order valence-corrected chi connectivity index (χ2v) is 6.79. The molecule has 0 atom stereocenters. The summed E-state index contributed by atoms with van der Waals surface area (Å²) in [5.41, 5.74) is 2.60. The number of carbonyl (C=O) groups excluding carboxylic acids is 1. The number of rotatable bonds is 3. The molecular formula is C22H18Cl2N2O3. The highest BCUT2D eigenvalue weighted by Crippen LogP contribution is 2.25. The van der Waals surface area contributed by atoms with E-state index < -0.39 is 0 Å². The fourth-order valence-electron chi connectivity index (χ4n) is 2.85. The minimum atomic E-state index is -0.372. The van der Waals surface area contributed by atoms with Crippen LogP contribution in [0.15, 0.2) is 60.9 Å². The Labute approximate surface area is 177 Å². The molecule has 2 heterocycles. The molecule has 0 aliphatic rings. The van der Waals surface area contributed by atoms with Crippen molar-refractivity contribution in [3.8, 4) is 0 Å². The molecule has 0 bridgehead atoms. The standard InChI is InChI=1S/C12H10ClNO2.C10H8ClNO/c1-2-16-12(15)9-5-3-4-8-10(13)6-7-14-11(8)9;11-9-4-5-12-10-7(6-13)2-1-3-8(9)10/h3-7H,2H2,1H3;1-5,13H,6H2. The molecule has 0 fully saturated rings. The van der Waals surface area contributed by atoms with Gasteiger partial charge in [-0.25, -0.2) is 4.79 Å². The van der Waals surface area contributed by atoms with Crippen LogP contribution in [0.25, 0.3) is 21.8 Å². The van der Waals surface area contributed by atoms with Crippen molar-refractivity contribution in [2.24, 2.45) is 0 Å². The number of hydrogen-bond acceptors (Lipinski definition) is 5. The largest absolute Gasteiger partial charge is 0.462 e. The molecule has 2 aromatic heterocycles. The Hall–Kier alpha value is -2.73. The summed E-state index contributed by atoms with van der Waals surface area (Å²) in [6, 6.07) is 14.3. The summed E-state index contributed by atoms with van der Waals surface area (Å²) in [7, 11) is 0. The van der Waals surface area contributed by atoms with Crippen molar-refractivity contribution in [1.82, 2.24) is 9.97 Å². The molecule has 0 amide bonds. The SMILES string of the molecule is CCOC(=O)c1cccc2c(Cl)ccnc12.OCc1cccc2c(Cl)ccnc12. The Bertz CT molecular complexity index is 1170. The van der Waals surface area contributed by atoms with Crippen LogP contribution in [0.2, 0.25) is 10.0 Å². The number of esters is 1. The molecule has 0 spiro atoms. The fraction of sp³-hybridized carbons (Fsp3) is 0.136. The van der Waals surface area contributed by atoms with E-state index in [-0.39, 0.29) is 12.6 Å². The maximum atomic E-state index is 11.7. The third-order valence-corrected chi connectivity index (χ3v) is 4.84. The Balaban J connectivity index is 0.000000169. The number of hydrogen-bond donors (Lipinski definition) is 1. The zero-order chi connectivity index (χ0) is 20.8. The average molecular weight is 429 g/mol. The van der Waals surface area contributed by atoms with Gasteiger partial charge in [0.05, 0.1) is 39.9 Å². The van der Waals surface area contributed by atoms with Crippen molar-refractivity contribution in [2.75, 3.05) is 6.61 Å². The van der Waals surface area contributed by atoms with E-state index in [0.29, 0.717) is 27.7 Å². The smallest absolute Gasteiger partial charge is 0.340 e. The molecular weight excluding hydrogens is 411 g/mol. The number of aromatic nitrogens is 2. The van der Waals surface area contributed by atoms with Crippen molar-refractivity contribution < 1.29 is 14.6 Å². The van der Waals surface area contributed by atoms with Gasteiger partial charge in [0, 0.05) is 28.7 Å². The quantitative estimate of drug-likeness (QED) is 0.439. The highest BCUT2D eigenvalue weighted by molar-refractivity contribution is 6.36. The van der Waals surface area contributed by atoms with Gasteiger partial charge < -0.3 is 9.84 Å². The number of pyridine rings is 2. The Morgan fingerprint density at radius 2 is 1.52 bits per heavy atom. The van der Waals surface area contributed by atoms with Crippen molar-refractivity contribution in [1.29, 1.82) is 0 Å². The van der Waals surface area contributed by atoms with Crippen LogP contribution in [0.1, 0.15) is 22.8 Å². The second kappa shape index (κ2) is 9.65. The van der Waals surface area contributed by atoms with Crippen LogP contribution in [0.4, 0.5) is 0 Å². The monoisotopic (exact) mass is 428 g/mol. The molecule has 0 saturated heterocycles. The molecule has 0 radical (unpaired) electrons. The summed E-state index contributed by atoms with van der Waals surface area (Å²) in [6.07, 6.45) is 3.22. The van der Waals surface area contributed by atoms with E-state index in [1.165, 1.54) is 0 Å². The number of nitrogens with zero attached hydrogens (tertiary/aromatic N) is 2. The third-order valence-electron chi connectivity index (χ3n) is 4.18. The average Bonchev–Trinajstić information content (AvgIpc) is 2.74. The molecule has 0 saturated carbocycles. The van der Waals surface area contributed by atoms with Gasteiger partial charge in [-0.1, -0.05) is 53.5 Å². The molecule has 4 aromatic rings. The summed E-state index contributed by atoms with van der Waals surface area (Å²) in [4.78, 5) is 20.0. The number of carbonyl (C=O) groups is 1. The molecule has 5 nitrogen and oxygen atoms in total. The number of benzene rings is 2. The minimum absolute atomic E-state index is 0.00924. The predicted octanol–water partition coefficient (Wildman–Crippen LogP) is 5.45. The molecule has 0 aliphatic heterocycles. The van der Waals surface area contributed by atoms with Gasteiger partial charge in [-0.15, -0.1) is 0 Å². The molecule has 1 N–H and O–H groups in total. The predicted molar refractivity (Wildman–Crippen MR) is 115 cm³/mol. The van der Waals surface area contributed by atoms with Gasteiger partial charge in [-0.3, -0.25) is 9.97 Å². The van der Waals surface area contributed by atoms with Gasteiger partial charge in [0.15, 0.2) is 0 Å². The van der Waals surface area contributed by atoms with Crippen LogP contribution in [0.3, 0.4) is 0 Å². The lowest BCUT2D eigenvalue weighted by molar-refractivity contribution is 0.0528. The van der Waals surface area contributed by atoms with Crippen molar-refractivity contribution in [3.05, 3.63) is 82.1 Å². The first kappa shape index (κ1) is 21.0. The molecule has 2 aromatic carbocycles. The molecule has 7 heteroatoms. The number of aliphatic hydroxyl groups excluding tert-OH is 1. The van der Waals surface area contributed by atoms with Crippen LogP contribution >= 0.6 is 23.2 Å². The van der Waals surface area contributed by atoms with E-state index in [2.05, 4.69) is 9.97 Å². The lowest BCUT2D eigenvalue weighted by Crippen LogP contribution is -2.05. The van der Waals surface area contributed by atoms with Crippen molar-refractivity contribution in [3.63, 3.8) is 0 Å². The first-order chi connectivity index (χ1) is 14.1. The number of para-hydroxylation sites is 2. The summed E-state index contributed by atoms with van der Waals surface area (Å²) < 4.78 is 4.95. The Morgan fingerprint density at radius 1 is 0.931 bits per heavy atom. The lowest BCUT2D eigenvalue weighted by atomic mass is 10.1. The third kappa shape index (κ3) is 4.65. The molecule has 0 aliphatic carbocycles. The minimum Gasteiger partial charge on any atom is -0.462 e. The van der Waals surface area contributed by atoms with Gasteiger partial charge in [0.1, 0.15) is 0 Å². The number of fused-ring (bicyclic) bond motifs is 2. The Kier molecular flexibility index (Phi) is 6.99. The fourth-order valence-corrected chi connectivity index (χ4v) is 3.26. The number of ether oxygens (including phenoxy) is 1. The summed E-state index contributed by atoms with van der Waals surface area (Å²) >= 11 is 12.0. The summed E-state index contributed by atoms with van der Waals surface area (Å²) in [6.45, 7) is 2.10. The molecule has 0 unspecified atom stereocenters. The van der Waals surface area contributed by atoms with E-state index in [1.54, 1.807) is 43.6 Å². The molecule has 4 rings (SSSR count). The van der Waals surface area contributed by atoms with E-state index >= 15 is 0 Å². The maximum absolute atomic E-state index is 11.7. The van der Waals surface area contributed by atoms with Gasteiger partial charge in [0.2, 0.25) is 0 Å². The maximum Gasteiger partial charge on any atom is 0.340 e. The normalized spacial score (nSPS) is 10.5. The highest BCUT2D eigenvalue weighted by atomic mass is 35.5. The van der Waals surface area contributed by atoms with Crippen LogP contribution in [0.5, 0.6) is 0 Å².